The topological polar surface area (TPSA) is 104 Å². The predicted octanol–water partition coefficient (Wildman–Crippen LogP) is 1.83. The molecule has 0 N–H and O–H groups in total. The minimum atomic E-state index is -3.99. The molecule has 2 heterocycles. The molecule has 2 aliphatic rings. The summed E-state index contributed by atoms with van der Waals surface area (Å²) in [4.78, 5) is 14.5. The lowest BCUT2D eigenvalue weighted by molar-refractivity contribution is -0.119. The highest BCUT2D eigenvalue weighted by Crippen LogP contribution is 2.35. The zero-order valence-electron chi connectivity index (χ0n) is 18.8. The molecule has 11 heteroatoms. The lowest BCUT2D eigenvalue weighted by Crippen LogP contribution is -2.48. The lowest BCUT2D eigenvalue weighted by Gasteiger charge is -2.35. The first-order chi connectivity index (χ1) is 15.5. The van der Waals surface area contributed by atoms with Gasteiger partial charge in [0, 0.05) is 31.9 Å². The van der Waals surface area contributed by atoms with E-state index in [1.165, 1.54) is 36.5 Å². The van der Waals surface area contributed by atoms with Crippen molar-refractivity contribution in [2.24, 2.45) is 5.92 Å². The number of hydrogen-bond donors (Lipinski definition) is 0. The molecule has 2 saturated heterocycles. The molecule has 4 rings (SSSR count). The molecule has 1 amide bonds. The molecule has 0 radical (unpaired) electrons. The van der Waals surface area contributed by atoms with Gasteiger partial charge in [-0.2, -0.15) is 4.31 Å². The Hall–Kier alpha value is -2.63. The number of carbonyl (C=O) groups excluding carboxylic acids is 1. The first-order valence-corrected chi connectivity index (χ1v) is 13.7. The Morgan fingerprint density at radius 2 is 1.70 bits per heavy atom. The van der Waals surface area contributed by atoms with E-state index in [0.717, 1.165) is 11.3 Å². The maximum Gasteiger partial charge on any atom is 0.246 e. The Balaban J connectivity index is 1.63. The molecule has 0 saturated carbocycles. The molecule has 1 atom stereocenters. The van der Waals surface area contributed by atoms with Crippen molar-refractivity contribution >= 4 is 37.3 Å². The monoisotopic (exact) mass is 493 g/mol. The molecule has 2 aromatic carbocycles. The van der Waals surface area contributed by atoms with Gasteiger partial charge in [0.1, 0.15) is 10.6 Å². The van der Waals surface area contributed by atoms with Gasteiger partial charge in [0.2, 0.25) is 26.0 Å². The number of nitrogens with zero attached hydrogens (tertiary/aromatic N) is 3. The molecule has 178 valence electrons. The molecule has 2 aliphatic heterocycles. The number of aryl methyl sites for hydroxylation is 1. The van der Waals surface area contributed by atoms with Crippen molar-refractivity contribution in [3.8, 4) is 5.75 Å². The number of sulfonamides is 2. The zero-order valence-corrected chi connectivity index (χ0v) is 20.4. The number of methoxy groups -OCH3 is 1. The van der Waals surface area contributed by atoms with Crippen LogP contribution in [0.5, 0.6) is 5.75 Å². The Kier molecular flexibility index (Phi) is 6.14. The second-order valence-electron chi connectivity index (χ2n) is 8.35. The normalized spacial score (nSPS) is 21.4. The van der Waals surface area contributed by atoms with Crippen LogP contribution in [0.2, 0.25) is 0 Å². The third-order valence-corrected chi connectivity index (χ3v) is 9.75. The maximum atomic E-state index is 13.5. The molecule has 0 aromatic heterocycles. The largest absolute Gasteiger partial charge is 0.495 e. The van der Waals surface area contributed by atoms with Crippen LogP contribution in [0.1, 0.15) is 12.5 Å². The van der Waals surface area contributed by atoms with Crippen LogP contribution in [0.3, 0.4) is 0 Å². The van der Waals surface area contributed by atoms with Gasteiger partial charge in [-0.05, 0) is 42.8 Å². The molecule has 1 unspecified atom stereocenters. The minimum Gasteiger partial charge on any atom is -0.495 e. The molecule has 2 aromatic rings. The number of anilines is 2. The predicted molar refractivity (Wildman–Crippen MR) is 126 cm³/mol. The van der Waals surface area contributed by atoms with Gasteiger partial charge < -0.3 is 9.64 Å². The van der Waals surface area contributed by atoms with Crippen LogP contribution in [-0.4, -0.2) is 66.1 Å². The second kappa shape index (κ2) is 8.62. The third kappa shape index (κ3) is 4.32. The molecule has 0 spiro atoms. The van der Waals surface area contributed by atoms with Crippen molar-refractivity contribution in [1.82, 2.24) is 4.31 Å². The van der Waals surface area contributed by atoms with Gasteiger partial charge in [0.15, 0.2) is 0 Å². The highest BCUT2D eigenvalue weighted by atomic mass is 32.2. The fourth-order valence-electron chi connectivity index (χ4n) is 4.23. The molecule has 33 heavy (non-hydrogen) atoms. The third-order valence-electron chi connectivity index (χ3n) is 5.97. The SMILES string of the molecule is COc1ccc(N2C(=O)C(C)CS2(=O)=O)cc1S(=O)(=O)N1CCN(c2cccc(C)c2)CC1. The first-order valence-electron chi connectivity index (χ1n) is 10.6. The van der Waals surface area contributed by atoms with E-state index in [4.69, 9.17) is 4.74 Å². The summed E-state index contributed by atoms with van der Waals surface area (Å²) in [5, 5.41) is 0. The number of benzene rings is 2. The van der Waals surface area contributed by atoms with Gasteiger partial charge >= 0.3 is 0 Å². The average Bonchev–Trinajstić information content (AvgIpc) is 2.99. The summed E-state index contributed by atoms with van der Waals surface area (Å²) in [6, 6.07) is 12.0. The summed E-state index contributed by atoms with van der Waals surface area (Å²) in [6.45, 7) is 5.11. The van der Waals surface area contributed by atoms with Crippen LogP contribution in [0.15, 0.2) is 47.4 Å². The van der Waals surface area contributed by atoms with E-state index >= 15 is 0 Å². The fourth-order valence-corrected chi connectivity index (χ4v) is 7.64. The van der Waals surface area contributed by atoms with Crippen molar-refractivity contribution in [3.05, 3.63) is 48.0 Å². The summed E-state index contributed by atoms with van der Waals surface area (Å²) >= 11 is 0. The number of amides is 1. The standard InChI is InChI=1S/C22H27N3O6S2/c1-16-5-4-6-18(13-16)23-9-11-24(12-10-23)33(29,30)21-14-19(7-8-20(21)31-3)25-22(26)17(2)15-32(25,27)28/h4-8,13-14,17H,9-12,15H2,1-3H3. The van der Waals surface area contributed by atoms with Gasteiger partial charge in [-0.3, -0.25) is 4.79 Å². The number of hydrogen-bond acceptors (Lipinski definition) is 7. The van der Waals surface area contributed by atoms with Gasteiger partial charge in [0.25, 0.3) is 0 Å². The highest BCUT2D eigenvalue weighted by Gasteiger charge is 2.43. The summed E-state index contributed by atoms with van der Waals surface area (Å²) < 4.78 is 59.4. The Bertz CT molecular complexity index is 1280. The van der Waals surface area contributed by atoms with Crippen molar-refractivity contribution < 1.29 is 26.4 Å². The summed E-state index contributed by atoms with van der Waals surface area (Å²) in [5.74, 6) is -1.47. The van der Waals surface area contributed by atoms with Crippen LogP contribution >= 0.6 is 0 Å². The molecule has 2 fully saturated rings. The van der Waals surface area contributed by atoms with E-state index in [-0.39, 0.29) is 35.2 Å². The van der Waals surface area contributed by atoms with E-state index in [2.05, 4.69) is 11.0 Å². The highest BCUT2D eigenvalue weighted by molar-refractivity contribution is 7.94. The molecular formula is C22H27N3O6S2. The number of carbonyl (C=O) groups is 1. The van der Waals surface area contributed by atoms with E-state index in [1.54, 1.807) is 0 Å². The summed E-state index contributed by atoms with van der Waals surface area (Å²) in [7, 11) is -6.50. The number of rotatable bonds is 5. The zero-order chi connectivity index (χ0) is 24.0. The molecular weight excluding hydrogens is 466 g/mol. The summed E-state index contributed by atoms with van der Waals surface area (Å²) in [6.07, 6.45) is 0. The van der Waals surface area contributed by atoms with E-state index in [1.807, 2.05) is 25.1 Å². The number of piperazine rings is 1. The summed E-state index contributed by atoms with van der Waals surface area (Å²) in [5.41, 5.74) is 2.17. The van der Waals surface area contributed by atoms with Crippen LogP contribution in [-0.2, 0) is 24.8 Å². The van der Waals surface area contributed by atoms with Gasteiger partial charge in [-0.25, -0.2) is 21.1 Å². The van der Waals surface area contributed by atoms with Gasteiger partial charge in [-0.1, -0.05) is 19.1 Å². The van der Waals surface area contributed by atoms with Crippen molar-refractivity contribution in [1.29, 1.82) is 0 Å². The van der Waals surface area contributed by atoms with E-state index in [0.29, 0.717) is 17.4 Å². The van der Waals surface area contributed by atoms with Crippen LogP contribution in [0.25, 0.3) is 0 Å². The minimum absolute atomic E-state index is 0.00196. The molecule has 9 nitrogen and oxygen atoms in total. The Morgan fingerprint density at radius 3 is 2.27 bits per heavy atom. The Labute approximate surface area is 194 Å². The second-order valence-corrected chi connectivity index (χ2v) is 12.1. The fraction of sp³-hybridized carbons (Fsp3) is 0.409. The van der Waals surface area contributed by atoms with Crippen molar-refractivity contribution in [2.75, 3.05) is 48.2 Å². The first kappa shape index (κ1) is 23.5. The molecule has 0 aliphatic carbocycles. The lowest BCUT2D eigenvalue weighted by atomic mass is 10.2. The van der Waals surface area contributed by atoms with Crippen LogP contribution < -0.4 is 13.9 Å². The van der Waals surface area contributed by atoms with Crippen LogP contribution in [0, 0.1) is 12.8 Å². The smallest absolute Gasteiger partial charge is 0.246 e. The average molecular weight is 494 g/mol. The van der Waals surface area contributed by atoms with Crippen LogP contribution in [0.4, 0.5) is 11.4 Å². The van der Waals surface area contributed by atoms with Crippen molar-refractivity contribution in [2.45, 2.75) is 18.7 Å². The number of ether oxygens (including phenoxy) is 1. The molecule has 0 bridgehead atoms. The van der Waals surface area contributed by atoms with Crippen molar-refractivity contribution in [3.63, 3.8) is 0 Å². The quantitative estimate of drug-likeness (QED) is 0.626. The Morgan fingerprint density at radius 1 is 1.00 bits per heavy atom. The maximum absolute atomic E-state index is 13.5. The van der Waals surface area contributed by atoms with Gasteiger partial charge in [-0.15, -0.1) is 0 Å². The van der Waals surface area contributed by atoms with Gasteiger partial charge in [0.05, 0.1) is 24.5 Å². The van der Waals surface area contributed by atoms with E-state index in [9.17, 15) is 21.6 Å². The van der Waals surface area contributed by atoms with E-state index < -0.39 is 31.9 Å².